The lowest BCUT2D eigenvalue weighted by molar-refractivity contribution is 0.00180. The predicted molar refractivity (Wildman–Crippen MR) is 44.5 cm³/mol. The lowest BCUT2D eigenvalue weighted by Gasteiger charge is -2.12. The molecule has 0 aromatic heterocycles. The number of hydrogen-bond donors (Lipinski definition) is 0. The van der Waals surface area contributed by atoms with Crippen LogP contribution in [0.5, 0.6) is 0 Å². The molecule has 74 valence electrons. The van der Waals surface area contributed by atoms with Gasteiger partial charge in [-0.15, -0.1) is 0 Å². The predicted octanol–water partition coefficient (Wildman–Crippen LogP) is 4.13. The molecule has 0 bridgehead atoms. The van der Waals surface area contributed by atoms with Crippen LogP contribution >= 0.6 is 11.6 Å². The molecule has 0 nitrogen and oxygen atoms in total. The summed E-state index contributed by atoms with van der Waals surface area (Å²) in [6, 6.07) is 0. The van der Waals surface area contributed by atoms with Gasteiger partial charge in [0.1, 0.15) is 0 Å². The fraction of sp³-hybridized carbons (Fsp3) is 1.00. The third-order valence-electron chi connectivity index (χ3n) is 1.67. The van der Waals surface area contributed by atoms with E-state index in [1.165, 1.54) is 0 Å². The van der Waals surface area contributed by atoms with E-state index in [2.05, 4.69) is 11.6 Å². The Bertz CT molecular complexity index is 111. The molecule has 0 aliphatic heterocycles. The largest absolute Gasteiger partial charge is 0.352 e. The van der Waals surface area contributed by atoms with Crippen LogP contribution in [0.25, 0.3) is 0 Å². The zero-order chi connectivity index (χ0) is 9.61. The van der Waals surface area contributed by atoms with E-state index in [4.69, 9.17) is 0 Å². The number of alkyl halides is 4. The number of hydrogen-bond acceptors (Lipinski definition) is 0. The maximum absolute atomic E-state index is 12.5. The second kappa shape index (κ2) is 5.68. The Balaban J connectivity index is 3.38. The molecular formula is C8H14ClF3. The first-order valence-electron chi connectivity index (χ1n) is 4.19. The summed E-state index contributed by atoms with van der Waals surface area (Å²) in [5, 5.41) is -3.69. The fourth-order valence-corrected chi connectivity index (χ4v) is 1.02. The first kappa shape index (κ1) is 12.1. The first-order valence-corrected chi connectivity index (χ1v) is 4.57. The summed E-state index contributed by atoms with van der Waals surface area (Å²) < 4.78 is 36.5. The monoisotopic (exact) mass is 202 g/mol. The van der Waals surface area contributed by atoms with E-state index in [0.717, 1.165) is 19.3 Å². The average molecular weight is 203 g/mol. The van der Waals surface area contributed by atoms with E-state index in [1.807, 2.05) is 6.92 Å². The van der Waals surface area contributed by atoms with Gasteiger partial charge >= 0.3 is 5.38 Å². The lowest BCUT2D eigenvalue weighted by Crippen LogP contribution is -2.22. The second-order valence-corrected chi connectivity index (χ2v) is 3.36. The molecule has 0 saturated heterocycles. The molecule has 0 N–H and O–H groups in total. The zero-order valence-electron chi connectivity index (χ0n) is 7.12. The van der Waals surface area contributed by atoms with Gasteiger partial charge in [0.25, 0.3) is 0 Å². The van der Waals surface area contributed by atoms with Crippen LogP contribution in [-0.2, 0) is 0 Å². The maximum atomic E-state index is 12.5. The van der Waals surface area contributed by atoms with Crippen LogP contribution in [0.1, 0.15) is 39.0 Å². The van der Waals surface area contributed by atoms with Gasteiger partial charge in [0, 0.05) is 0 Å². The van der Waals surface area contributed by atoms with Crippen molar-refractivity contribution in [2.75, 3.05) is 0 Å². The first-order chi connectivity index (χ1) is 5.48. The van der Waals surface area contributed by atoms with E-state index in [0.29, 0.717) is 6.42 Å². The number of halogens is 4. The SMILES string of the molecule is CCCCCCC(F)C(F)(F)Cl. The quantitative estimate of drug-likeness (QED) is 0.449. The third kappa shape index (κ3) is 5.70. The summed E-state index contributed by atoms with van der Waals surface area (Å²) in [4.78, 5) is 0. The van der Waals surface area contributed by atoms with E-state index < -0.39 is 11.6 Å². The smallest absolute Gasteiger partial charge is 0.239 e. The Hall–Kier alpha value is 0.0800. The standard InChI is InChI=1S/C8H14ClF3/c1-2-3-4-5-6-7(10)8(9,11)12/h7H,2-6H2,1H3. The normalized spacial score (nSPS) is 14.8. The zero-order valence-corrected chi connectivity index (χ0v) is 7.88. The Morgan fingerprint density at radius 1 is 1.25 bits per heavy atom. The summed E-state index contributed by atoms with van der Waals surface area (Å²) in [5.41, 5.74) is 0. The highest BCUT2D eigenvalue weighted by molar-refractivity contribution is 6.22. The molecule has 1 unspecified atom stereocenters. The van der Waals surface area contributed by atoms with Crippen LogP contribution in [0.2, 0.25) is 0 Å². The topological polar surface area (TPSA) is 0 Å². The minimum absolute atomic E-state index is 0.142. The van der Waals surface area contributed by atoms with Crippen molar-refractivity contribution >= 4 is 11.6 Å². The van der Waals surface area contributed by atoms with Crippen LogP contribution < -0.4 is 0 Å². The molecule has 0 aliphatic carbocycles. The highest BCUT2D eigenvalue weighted by atomic mass is 35.5. The highest BCUT2D eigenvalue weighted by Gasteiger charge is 2.36. The molecule has 0 aromatic rings. The highest BCUT2D eigenvalue weighted by Crippen LogP contribution is 2.29. The molecule has 0 fully saturated rings. The molecule has 0 rings (SSSR count). The van der Waals surface area contributed by atoms with E-state index >= 15 is 0 Å². The molecule has 4 heteroatoms. The molecule has 12 heavy (non-hydrogen) atoms. The van der Waals surface area contributed by atoms with E-state index in [-0.39, 0.29) is 6.42 Å². The minimum Gasteiger partial charge on any atom is -0.239 e. The van der Waals surface area contributed by atoms with E-state index in [9.17, 15) is 13.2 Å². The van der Waals surface area contributed by atoms with E-state index in [1.54, 1.807) is 0 Å². The molecule has 0 heterocycles. The Kier molecular flexibility index (Phi) is 5.72. The Labute approximate surface area is 76.1 Å². The molecule has 0 amide bonds. The van der Waals surface area contributed by atoms with Crippen LogP contribution in [0, 0.1) is 0 Å². The Morgan fingerprint density at radius 3 is 2.25 bits per heavy atom. The van der Waals surface area contributed by atoms with Crippen molar-refractivity contribution in [1.29, 1.82) is 0 Å². The van der Waals surface area contributed by atoms with Crippen LogP contribution in [0.3, 0.4) is 0 Å². The summed E-state index contributed by atoms with van der Waals surface area (Å²) in [7, 11) is 0. The van der Waals surface area contributed by atoms with Gasteiger partial charge in [0.2, 0.25) is 0 Å². The fourth-order valence-electron chi connectivity index (χ4n) is 0.914. The summed E-state index contributed by atoms with van der Waals surface area (Å²) in [5.74, 6) is 0. The number of rotatable bonds is 6. The van der Waals surface area contributed by atoms with Crippen LogP contribution in [0.15, 0.2) is 0 Å². The van der Waals surface area contributed by atoms with Crippen molar-refractivity contribution in [2.24, 2.45) is 0 Å². The lowest BCUT2D eigenvalue weighted by atomic mass is 10.1. The summed E-state index contributed by atoms with van der Waals surface area (Å²) in [6.45, 7) is 2.00. The Morgan fingerprint density at radius 2 is 1.83 bits per heavy atom. The van der Waals surface area contributed by atoms with Crippen molar-refractivity contribution in [3.63, 3.8) is 0 Å². The van der Waals surface area contributed by atoms with Gasteiger partial charge < -0.3 is 0 Å². The second-order valence-electron chi connectivity index (χ2n) is 2.86. The van der Waals surface area contributed by atoms with Gasteiger partial charge in [0.15, 0.2) is 6.17 Å². The third-order valence-corrected chi connectivity index (χ3v) is 1.90. The van der Waals surface area contributed by atoms with Crippen molar-refractivity contribution in [1.82, 2.24) is 0 Å². The van der Waals surface area contributed by atoms with Crippen LogP contribution in [0.4, 0.5) is 13.2 Å². The molecule has 1 atom stereocenters. The molecule has 0 aromatic carbocycles. The number of unbranched alkanes of at least 4 members (excludes halogenated alkanes) is 3. The minimum atomic E-state index is -3.69. The van der Waals surface area contributed by atoms with Gasteiger partial charge in [-0.3, -0.25) is 0 Å². The summed E-state index contributed by atoms with van der Waals surface area (Å²) in [6.07, 6.45) is 0.906. The van der Waals surface area contributed by atoms with Crippen molar-refractivity contribution in [3.05, 3.63) is 0 Å². The molecule has 0 radical (unpaired) electrons. The van der Waals surface area contributed by atoms with Gasteiger partial charge in [0.05, 0.1) is 0 Å². The van der Waals surface area contributed by atoms with Gasteiger partial charge in [-0.2, -0.15) is 8.78 Å². The van der Waals surface area contributed by atoms with Gasteiger partial charge in [-0.05, 0) is 18.0 Å². The van der Waals surface area contributed by atoms with Gasteiger partial charge in [-0.1, -0.05) is 32.6 Å². The molecule has 0 spiro atoms. The summed E-state index contributed by atoms with van der Waals surface area (Å²) >= 11 is 4.49. The van der Waals surface area contributed by atoms with Gasteiger partial charge in [-0.25, -0.2) is 4.39 Å². The average Bonchev–Trinajstić information content (AvgIpc) is 1.96. The maximum Gasteiger partial charge on any atom is 0.352 e. The molecular weight excluding hydrogens is 189 g/mol. The van der Waals surface area contributed by atoms with Crippen molar-refractivity contribution in [3.8, 4) is 0 Å². The van der Waals surface area contributed by atoms with Crippen molar-refractivity contribution in [2.45, 2.75) is 50.6 Å². The molecule has 0 saturated carbocycles. The molecule has 0 aliphatic rings. The van der Waals surface area contributed by atoms with Crippen LogP contribution in [-0.4, -0.2) is 11.6 Å². The van der Waals surface area contributed by atoms with Crippen molar-refractivity contribution < 1.29 is 13.2 Å².